The van der Waals surface area contributed by atoms with Crippen LogP contribution >= 0.6 is 0 Å². The zero-order chi connectivity index (χ0) is 20.2. The molecule has 10 heteroatoms. The van der Waals surface area contributed by atoms with Gasteiger partial charge in [0, 0.05) is 16.3 Å². The zero-order valence-electron chi connectivity index (χ0n) is 12.9. The number of benzene rings is 2. The van der Waals surface area contributed by atoms with Crippen molar-refractivity contribution in [3.8, 4) is 11.3 Å². The Morgan fingerprint density at radius 1 is 0.593 bits per heavy atom. The van der Waals surface area contributed by atoms with Crippen molar-refractivity contribution in [1.29, 1.82) is 0 Å². The van der Waals surface area contributed by atoms with Crippen LogP contribution in [0.25, 0.3) is 22.1 Å². The molecule has 3 rings (SSSR count). The molecule has 0 atom stereocenters. The third-order valence-corrected chi connectivity index (χ3v) is 3.73. The van der Waals surface area contributed by atoms with Gasteiger partial charge in [0.05, 0.1) is 11.1 Å². The molecule has 0 saturated heterocycles. The van der Waals surface area contributed by atoms with Crippen LogP contribution in [-0.4, -0.2) is 0 Å². The summed E-state index contributed by atoms with van der Waals surface area (Å²) >= 11 is 0. The fourth-order valence-electron chi connectivity index (χ4n) is 2.60. The summed E-state index contributed by atoms with van der Waals surface area (Å²) in [5.74, 6) is -2.23. The average Bonchev–Trinajstić information content (AvgIpc) is 2.92. The summed E-state index contributed by atoms with van der Waals surface area (Å²) in [4.78, 5) is 0. The summed E-state index contributed by atoms with van der Waals surface area (Å²) in [6, 6.07) is 5.20. The molecule has 0 saturated carbocycles. The Kier molecular flexibility index (Phi) is 4.20. The Hall–Kier alpha value is -2.65. The first-order valence-corrected chi connectivity index (χ1v) is 7.17. The SMILES string of the molecule is FC(F)(F)c1cc(-c2oc(C(F)(F)F)c3ccccc23)cc(C(F)(F)F)c1. The average molecular weight is 398 g/mol. The van der Waals surface area contributed by atoms with Gasteiger partial charge in [-0.25, -0.2) is 0 Å². The van der Waals surface area contributed by atoms with E-state index in [0.717, 1.165) is 12.1 Å². The molecule has 2 aromatic carbocycles. The Bertz CT molecular complexity index is 958. The van der Waals surface area contributed by atoms with Crippen molar-refractivity contribution in [2.75, 3.05) is 0 Å². The summed E-state index contributed by atoms with van der Waals surface area (Å²) in [6.45, 7) is 0. The van der Waals surface area contributed by atoms with Crippen LogP contribution < -0.4 is 0 Å². The van der Waals surface area contributed by atoms with Crippen molar-refractivity contribution >= 4 is 10.8 Å². The van der Waals surface area contributed by atoms with Crippen LogP contribution in [0.1, 0.15) is 16.9 Å². The van der Waals surface area contributed by atoms with Gasteiger partial charge < -0.3 is 4.42 Å². The van der Waals surface area contributed by atoms with E-state index < -0.39 is 52.1 Å². The molecule has 0 unspecified atom stereocenters. The number of hydrogen-bond donors (Lipinski definition) is 0. The number of rotatable bonds is 1. The third kappa shape index (κ3) is 3.60. The van der Waals surface area contributed by atoms with Gasteiger partial charge in [0.2, 0.25) is 5.76 Å². The van der Waals surface area contributed by atoms with Crippen LogP contribution in [0.2, 0.25) is 0 Å². The summed E-state index contributed by atoms with van der Waals surface area (Å²) < 4.78 is 122. The molecule has 1 nitrogen and oxygen atoms in total. The molecule has 0 aliphatic heterocycles. The molecule has 0 aliphatic carbocycles. The van der Waals surface area contributed by atoms with Crippen LogP contribution in [0.3, 0.4) is 0 Å². The van der Waals surface area contributed by atoms with Crippen molar-refractivity contribution in [1.82, 2.24) is 0 Å². The maximum Gasteiger partial charge on any atom is 0.450 e. The molecule has 3 aromatic rings. The highest BCUT2D eigenvalue weighted by Gasteiger charge is 2.40. The highest BCUT2D eigenvalue weighted by molar-refractivity contribution is 5.96. The van der Waals surface area contributed by atoms with Crippen molar-refractivity contribution in [3.05, 3.63) is 59.4 Å². The molecular weight excluding hydrogens is 391 g/mol. The second-order valence-corrected chi connectivity index (χ2v) is 5.60. The van der Waals surface area contributed by atoms with Crippen molar-refractivity contribution in [3.63, 3.8) is 0 Å². The molecule has 1 heterocycles. The van der Waals surface area contributed by atoms with Gasteiger partial charge in [-0.15, -0.1) is 0 Å². The molecule has 0 N–H and O–H groups in total. The lowest BCUT2D eigenvalue weighted by Crippen LogP contribution is -2.11. The lowest BCUT2D eigenvalue weighted by Gasteiger charge is -2.13. The van der Waals surface area contributed by atoms with Gasteiger partial charge in [-0.1, -0.05) is 24.3 Å². The second kappa shape index (κ2) is 5.93. The van der Waals surface area contributed by atoms with Gasteiger partial charge in [0.1, 0.15) is 5.76 Å². The Labute approximate surface area is 145 Å². The fraction of sp³-hybridized carbons (Fsp3) is 0.176. The van der Waals surface area contributed by atoms with Crippen molar-refractivity contribution < 1.29 is 43.9 Å². The van der Waals surface area contributed by atoms with Gasteiger partial charge in [0.15, 0.2) is 0 Å². The molecule has 0 aliphatic rings. The number of furan rings is 1. The van der Waals surface area contributed by atoms with Gasteiger partial charge >= 0.3 is 18.5 Å². The zero-order valence-corrected chi connectivity index (χ0v) is 12.9. The molecule has 0 fully saturated rings. The van der Waals surface area contributed by atoms with E-state index in [1.807, 2.05) is 0 Å². The maximum atomic E-state index is 13.1. The Morgan fingerprint density at radius 2 is 1.07 bits per heavy atom. The molecule has 1 aromatic heterocycles. The molecule has 0 amide bonds. The number of fused-ring (bicyclic) bond motifs is 1. The maximum absolute atomic E-state index is 13.1. The molecule has 144 valence electrons. The van der Waals surface area contributed by atoms with E-state index in [2.05, 4.69) is 0 Å². The smallest absolute Gasteiger partial charge is 0.450 e. The molecule has 27 heavy (non-hydrogen) atoms. The van der Waals surface area contributed by atoms with Gasteiger partial charge in [-0.3, -0.25) is 0 Å². The highest BCUT2D eigenvalue weighted by Crippen LogP contribution is 2.44. The minimum Gasteiger partial charge on any atom is -0.450 e. The number of alkyl halides is 9. The molecule has 0 bridgehead atoms. The minimum absolute atomic E-state index is 0.112. The minimum atomic E-state index is -5.13. The van der Waals surface area contributed by atoms with Crippen molar-refractivity contribution in [2.45, 2.75) is 18.5 Å². The quantitative estimate of drug-likeness (QED) is 0.397. The Morgan fingerprint density at radius 3 is 1.52 bits per heavy atom. The number of hydrogen-bond acceptors (Lipinski definition) is 1. The van der Waals surface area contributed by atoms with E-state index in [-0.39, 0.29) is 11.5 Å². The summed E-state index contributed by atoms with van der Waals surface area (Å²) in [6.07, 6.45) is -15.2. The fourth-order valence-corrected chi connectivity index (χ4v) is 2.60. The van der Waals surface area contributed by atoms with E-state index >= 15 is 0 Å². The monoisotopic (exact) mass is 398 g/mol. The first-order valence-electron chi connectivity index (χ1n) is 7.17. The highest BCUT2D eigenvalue weighted by atomic mass is 19.4. The summed E-state index contributed by atoms with van der Waals surface area (Å²) in [5.41, 5.74) is -4.06. The van der Waals surface area contributed by atoms with Gasteiger partial charge in [-0.2, -0.15) is 39.5 Å². The summed E-state index contributed by atoms with van der Waals surface area (Å²) in [7, 11) is 0. The van der Waals surface area contributed by atoms with Crippen molar-refractivity contribution in [2.24, 2.45) is 0 Å². The van der Waals surface area contributed by atoms with E-state index in [4.69, 9.17) is 4.42 Å². The van der Waals surface area contributed by atoms with Gasteiger partial charge in [-0.05, 0) is 18.2 Å². The lowest BCUT2D eigenvalue weighted by molar-refractivity contribution is -0.151. The molecule has 0 radical (unpaired) electrons. The predicted molar refractivity (Wildman–Crippen MR) is 76.7 cm³/mol. The van der Waals surface area contributed by atoms with Crippen LogP contribution in [0.5, 0.6) is 0 Å². The van der Waals surface area contributed by atoms with Crippen LogP contribution in [0.15, 0.2) is 46.9 Å². The van der Waals surface area contributed by atoms with Crippen LogP contribution in [0, 0.1) is 0 Å². The largest absolute Gasteiger partial charge is 0.450 e. The summed E-state index contributed by atoms with van der Waals surface area (Å²) in [5, 5.41) is -0.719. The lowest BCUT2D eigenvalue weighted by atomic mass is 10.0. The normalized spacial score (nSPS) is 13.4. The van der Waals surface area contributed by atoms with E-state index in [1.165, 1.54) is 12.1 Å². The van der Waals surface area contributed by atoms with Crippen LogP contribution in [0.4, 0.5) is 39.5 Å². The van der Waals surface area contributed by atoms with E-state index in [0.29, 0.717) is 12.1 Å². The predicted octanol–water partition coefficient (Wildman–Crippen LogP) is 7.16. The topological polar surface area (TPSA) is 13.1 Å². The first-order chi connectivity index (χ1) is 12.3. The number of halogens is 9. The molecule has 0 spiro atoms. The Balaban J connectivity index is 2.34. The van der Waals surface area contributed by atoms with E-state index in [1.54, 1.807) is 0 Å². The van der Waals surface area contributed by atoms with Gasteiger partial charge in [0.25, 0.3) is 0 Å². The van der Waals surface area contributed by atoms with Crippen LogP contribution in [-0.2, 0) is 18.5 Å². The third-order valence-electron chi connectivity index (χ3n) is 3.73. The standard InChI is InChI=1S/C17H7F9O/c18-15(19,20)9-5-8(6-10(7-9)16(21,22)23)13-11-3-1-2-4-12(11)14(27-13)17(24,25)26/h1-7H. The van der Waals surface area contributed by atoms with E-state index in [9.17, 15) is 39.5 Å². The second-order valence-electron chi connectivity index (χ2n) is 5.60. The molecular formula is C17H7F9O. The first kappa shape index (κ1) is 19.1.